The summed E-state index contributed by atoms with van der Waals surface area (Å²) in [4.78, 5) is 2.27. The molecule has 1 aromatic carbocycles. The average molecular weight is 176 g/mol. The Morgan fingerprint density at radius 2 is 2.08 bits per heavy atom. The van der Waals surface area contributed by atoms with E-state index in [0.717, 1.165) is 31.6 Å². The summed E-state index contributed by atoms with van der Waals surface area (Å²) < 4.78 is 0. The minimum atomic E-state index is -0.0973. The number of aliphatic hydroxyl groups is 1. The number of anilines is 1. The minimum absolute atomic E-state index is 0.0973. The fourth-order valence-corrected chi connectivity index (χ4v) is 1.69. The molecule has 2 rings (SSSR count). The van der Waals surface area contributed by atoms with Crippen molar-refractivity contribution in [2.24, 2.45) is 0 Å². The van der Waals surface area contributed by atoms with Crippen molar-refractivity contribution in [1.82, 2.24) is 0 Å². The van der Waals surface area contributed by atoms with Crippen molar-refractivity contribution in [2.45, 2.75) is 18.9 Å². The Morgan fingerprint density at radius 3 is 2.69 bits per heavy atom. The van der Waals surface area contributed by atoms with Gasteiger partial charge >= 0.3 is 0 Å². The van der Waals surface area contributed by atoms with E-state index in [2.05, 4.69) is 17.0 Å². The standard InChI is InChI=1S/C11H14NO/c13-11-6-8-12(9-7-11)10-4-2-1-3-5-10/h1-4,11,13H,6-9H2. The smallest absolute Gasteiger partial charge is 0.0574 e. The summed E-state index contributed by atoms with van der Waals surface area (Å²) >= 11 is 0. The number of para-hydroxylation sites is 1. The molecular weight excluding hydrogens is 162 g/mol. The van der Waals surface area contributed by atoms with Crippen LogP contribution in [-0.4, -0.2) is 24.3 Å². The Hall–Kier alpha value is -1.02. The monoisotopic (exact) mass is 176 g/mol. The van der Waals surface area contributed by atoms with E-state index in [4.69, 9.17) is 0 Å². The van der Waals surface area contributed by atoms with E-state index >= 15 is 0 Å². The van der Waals surface area contributed by atoms with Gasteiger partial charge in [-0.15, -0.1) is 0 Å². The van der Waals surface area contributed by atoms with Crippen LogP contribution in [0.4, 0.5) is 5.69 Å². The highest BCUT2D eigenvalue weighted by atomic mass is 16.3. The van der Waals surface area contributed by atoms with E-state index in [1.165, 1.54) is 0 Å². The molecule has 0 aliphatic carbocycles. The second kappa shape index (κ2) is 3.79. The quantitative estimate of drug-likeness (QED) is 0.700. The minimum Gasteiger partial charge on any atom is -0.393 e. The molecule has 1 radical (unpaired) electrons. The number of rotatable bonds is 1. The van der Waals surface area contributed by atoms with Gasteiger partial charge in [-0.1, -0.05) is 18.2 Å². The lowest BCUT2D eigenvalue weighted by atomic mass is 10.1. The Labute approximate surface area is 78.8 Å². The van der Waals surface area contributed by atoms with E-state index in [0.29, 0.717) is 0 Å². The second-order valence-corrected chi connectivity index (χ2v) is 3.47. The zero-order valence-corrected chi connectivity index (χ0v) is 7.61. The van der Waals surface area contributed by atoms with Gasteiger partial charge in [-0.05, 0) is 18.9 Å². The lowest BCUT2D eigenvalue weighted by molar-refractivity contribution is 0.145. The molecule has 0 atom stereocenters. The number of aliphatic hydroxyl groups excluding tert-OH is 1. The van der Waals surface area contributed by atoms with Crippen LogP contribution in [0.25, 0.3) is 0 Å². The molecule has 0 saturated carbocycles. The van der Waals surface area contributed by atoms with Crippen molar-refractivity contribution in [3.8, 4) is 0 Å². The fraction of sp³-hybridized carbons (Fsp3) is 0.455. The molecule has 0 aromatic heterocycles. The van der Waals surface area contributed by atoms with Crippen LogP contribution in [0.2, 0.25) is 0 Å². The number of hydrogen-bond acceptors (Lipinski definition) is 2. The molecule has 0 spiro atoms. The molecule has 2 heteroatoms. The predicted molar refractivity (Wildman–Crippen MR) is 52.7 cm³/mol. The van der Waals surface area contributed by atoms with Gasteiger partial charge in [0, 0.05) is 24.8 Å². The van der Waals surface area contributed by atoms with E-state index < -0.39 is 0 Å². The second-order valence-electron chi connectivity index (χ2n) is 3.47. The number of hydrogen-bond donors (Lipinski definition) is 1. The van der Waals surface area contributed by atoms with Gasteiger partial charge in [-0.25, -0.2) is 0 Å². The average Bonchev–Trinajstić information content (AvgIpc) is 2.20. The lowest BCUT2D eigenvalue weighted by Gasteiger charge is -2.31. The molecule has 1 aliphatic rings. The number of benzene rings is 1. The maximum atomic E-state index is 9.34. The third-order valence-corrected chi connectivity index (χ3v) is 2.50. The van der Waals surface area contributed by atoms with Crippen LogP contribution in [0.3, 0.4) is 0 Å². The molecule has 0 unspecified atom stereocenters. The maximum absolute atomic E-state index is 9.34. The van der Waals surface area contributed by atoms with Gasteiger partial charge in [0.2, 0.25) is 0 Å². The summed E-state index contributed by atoms with van der Waals surface area (Å²) in [5, 5.41) is 9.34. The van der Waals surface area contributed by atoms with Gasteiger partial charge in [0.15, 0.2) is 0 Å². The third-order valence-electron chi connectivity index (χ3n) is 2.50. The van der Waals surface area contributed by atoms with Crippen molar-refractivity contribution in [3.05, 3.63) is 30.3 Å². The molecule has 13 heavy (non-hydrogen) atoms. The number of piperidine rings is 1. The highest BCUT2D eigenvalue weighted by molar-refractivity contribution is 5.45. The summed E-state index contributed by atoms with van der Waals surface area (Å²) in [5.74, 6) is 0. The van der Waals surface area contributed by atoms with Crippen molar-refractivity contribution in [3.63, 3.8) is 0 Å². The molecule has 1 saturated heterocycles. The molecule has 1 N–H and O–H groups in total. The van der Waals surface area contributed by atoms with Gasteiger partial charge in [0.1, 0.15) is 0 Å². The Balaban J connectivity index is 2.03. The topological polar surface area (TPSA) is 23.5 Å². The summed E-state index contributed by atoms with van der Waals surface area (Å²) in [6.07, 6.45) is 1.66. The SMILES string of the molecule is OC1CCN(c2[c]cccc2)CC1. The van der Waals surface area contributed by atoms with Crippen molar-refractivity contribution >= 4 is 5.69 Å². The molecule has 0 bridgehead atoms. The maximum Gasteiger partial charge on any atom is 0.0574 e. The van der Waals surface area contributed by atoms with Gasteiger partial charge in [0.05, 0.1) is 6.10 Å². The Kier molecular flexibility index (Phi) is 2.50. The van der Waals surface area contributed by atoms with E-state index in [1.54, 1.807) is 0 Å². The van der Waals surface area contributed by atoms with Crippen LogP contribution in [0.15, 0.2) is 24.3 Å². The van der Waals surface area contributed by atoms with Crippen LogP contribution < -0.4 is 4.90 Å². The molecule has 1 fully saturated rings. The third kappa shape index (κ3) is 2.01. The zero-order chi connectivity index (χ0) is 9.10. The summed E-state index contributed by atoms with van der Waals surface area (Å²) in [6, 6.07) is 11.2. The van der Waals surface area contributed by atoms with Crippen molar-refractivity contribution in [1.29, 1.82) is 0 Å². The van der Waals surface area contributed by atoms with Crippen LogP contribution in [-0.2, 0) is 0 Å². The molecule has 1 aliphatic heterocycles. The van der Waals surface area contributed by atoms with Crippen molar-refractivity contribution in [2.75, 3.05) is 18.0 Å². The first-order valence-electron chi connectivity index (χ1n) is 4.76. The van der Waals surface area contributed by atoms with Crippen LogP contribution in [0, 0.1) is 6.07 Å². The molecule has 2 nitrogen and oxygen atoms in total. The Bertz CT molecular complexity index is 252. The van der Waals surface area contributed by atoms with Crippen LogP contribution >= 0.6 is 0 Å². The Morgan fingerprint density at radius 1 is 1.31 bits per heavy atom. The molecular formula is C11H14NO. The summed E-state index contributed by atoms with van der Waals surface area (Å²) in [5.41, 5.74) is 1.15. The van der Waals surface area contributed by atoms with Crippen molar-refractivity contribution < 1.29 is 5.11 Å². The lowest BCUT2D eigenvalue weighted by Crippen LogP contribution is -2.35. The molecule has 1 heterocycles. The summed E-state index contributed by atoms with van der Waals surface area (Å²) in [7, 11) is 0. The fourth-order valence-electron chi connectivity index (χ4n) is 1.69. The van der Waals surface area contributed by atoms with Crippen LogP contribution in [0.1, 0.15) is 12.8 Å². The van der Waals surface area contributed by atoms with Gasteiger partial charge in [-0.3, -0.25) is 0 Å². The highest BCUT2D eigenvalue weighted by Crippen LogP contribution is 2.18. The van der Waals surface area contributed by atoms with Gasteiger partial charge in [0.25, 0.3) is 0 Å². The first-order valence-corrected chi connectivity index (χ1v) is 4.76. The summed E-state index contributed by atoms with van der Waals surface area (Å²) in [6.45, 7) is 1.89. The normalized spacial score (nSPS) is 19.0. The molecule has 0 amide bonds. The largest absolute Gasteiger partial charge is 0.393 e. The molecule has 69 valence electrons. The molecule has 1 aromatic rings. The highest BCUT2D eigenvalue weighted by Gasteiger charge is 2.16. The van der Waals surface area contributed by atoms with E-state index in [-0.39, 0.29) is 6.10 Å². The van der Waals surface area contributed by atoms with Gasteiger partial charge < -0.3 is 10.0 Å². The van der Waals surface area contributed by atoms with Gasteiger partial charge in [-0.2, -0.15) is 0 Å². The first-order chi connectivity index (χ1) is 6.36. The predicted octanol–water partition coefficient (Wildman–Crippen LogP) is 1.45. The van der Waals surface area contributed by atoms with Crippen LogP contribution in [0.5, 0.6) is 0 Å². The van der Waals surface area contributed by atoms with E-state index in [1.807, 2.05) is 18.2 Å². The van der Waals surface area contributed by atoms with E-state index in [9.17, 15) is 5.11 Å². The first kappa shape index (κ1) is 8.57. The number of nitrogens with zero attached hydrogens (tertiary/aromatic N) is 1. The zero-order valence-electron chi connectivity index (χ0n) is 7.61.